The summed E-state index contributed by atoms with van der Waals surface area (Å²) in [6.07, 6.45) is 68.5. The molecule has 558 valence electrons. The summed E-state index contributed by atoms with van der Waals surface area (Å²) in [5.41, 5.74) is 13.3. The molecule has 96 heavy (non-hydrogen) atoms. The maximum absolute atomic E-state index is 10.5. The Bertz CT molecular complexity index is 2360. The topological polar surface area (TPSA) is 123 Å². The monoisotopic (exact) mass is 1340 g/mol. The summed E-state index contributed by atoms with van der Waals surface area (Å²) in [6, 6.07) is 0. The van der Waals surface area contributed by atoms with Gasteiger partial charge in [-0.25, -0.2) is 0 Å². The Morgan fingerprint density at radius 1 is 0.344 bits per heavy atom. The predicted molar refractivity (Wildman–Crippen MR) is 419 cm³/mol. The van der Waals surface area contributed by atoms with Gasteiger partial charge in [-0.3, -0.25) is 0 Å². The minimum Gasteiger partial charge on any atom is -0.507 e. The molecule has 0 spiro atoms. The molecule has 1 saturated heterocycles. The molecule has 2 aromatic rings. The van der Waals surface area contributed by atoms with E-state index in [1.165, 1.54) is 298 Å². The predicted octanol–water partition coefficient (Wildman–Crippen LogP) is 28.3. The quantitative estimate of drug-likeness (QED) is 0.0443. The van der Waals surface area contributed by atoms with Crippen LogP contribution in [-0.2, 0) is 17.6 Å². The van der Waals surface area contributed by atoms with Crippen molar-refractivity contribution in [1.82, 2.24) is 0 Å². The number of unbranched alkanes of at least 4 members (excludes halogenated alkanes) is 39. The third-order valence-electron chi connectivity index (χ3n) is 23.3. The molecule has 1 fully saturated rings. The summed E-state index contributed by atoms with van der Waals surface area (Å²) >= 11 is 0. The molecule has 2 unspecified atom stereocenters. The molecule has 5 atom stereocenters. The van der Waals surface area contributed by atoms with Crippen LogP contribution in [0.5, 0.6) is 23.0 Å². The number of phenols is 2. The number of aliphatic hydroxyl groups excluding tert-OH is 1. The second-order valence-corrected chi connectivity index (χ2v) is 31.6. The minimum absolute atomic E-state index is 0. The Morgan fingerprint density at radius 2 is 0.594 bits per heavy atom. The highest BCUT2D eigenvalue weighted by molar-refractivity contribution is 5.59. The van der Waals surface area contributed by atoms with Gasteiger partial charge in [0.1, 0.15) is 40.3 Å². The molecule has 3 aliphatic heterocycles. The number of rotatable bonds is 45. The van der Waals surface area contributed by atoms with Gasteiger partial charge in [-0.2, -0.15) is 0 Å². The number of hydrogen-bond donors (Lipinski definition) is 3. The smallest absolute Gasteiger partial charge is 0.127 e. The lowest BCUT2D eigenvalue weighted by Crippen LogP contribution is -2.43. The maximum atomic E-state index is 10.5. The van der Waals surface area contributed by atoms with Crippen LogP contribution in [-0.4, -0.2) is 44.3 Å². The van der Waals surface area contributed by atoms with Gasteiger partial charge in [0, 0.05) is 22.5 Å². The number of aliphatic hydroxyl groups is 1. The van der Waals surface area contributed by atoms with Crippen LogP contribution in [0.25, 0.3) is 0 Å². The van der Waals surface area contributed by atoms with Gasteiger partial charge in [0.25, 0.3) is 0 Å². The van der Waals surface area contributed by atoms with Crippen LogP contribution in [0.2, 0.25) is 0 Å². The first-order valence-electron chi connectivity index (χ1n) is 40.6. The summed E-state index contributed by atoms with van der Waals surface area (Å²) < 4.78 is 19.8. The minimum atomic E-state index is -0.398. The van der Waals surface area contributed by atoms with E-state index in [2.05, 4.69) is 76.2 Å². The van der Waals surface area contributed by atoms with Gasteiger partial charge in [-0.05, 0) is 209 Å². The molecular weight excluding hydrogens is 1180 g/mol. The van der Waals surface area contributed by atoms with E-state index in [4.69, 9.17) is 24.1 Å². The molecule has 8 nitrogen and oxygen atoms in total. The zero-order chi connectivity index (χ0) is 70.1. The Kier molecular flexibility index (Phi) is 46.3. The molecule has 6 rings (SSSR count). The van der Waals surface area contributed by atoms with Crippen molar-refractivity contribution in [3.05, 3.63) is 76.7 Å². The van der Waals surface area contributed by atoms with E-state index in [1.54, 1.807) is 0 Å². The first-order valence-corrected chi connectivity index (χ1v) is 40.6. The zero-order valence-corrected chi connectivity index (χ0v) is 65.1. The van der Waals surface area contributed by atoms with E-state index in [0.717, 1.165) is 107 Å². The van der Waals surface area contributed by atoms with Crippen LogP contribution in [0.15, 0.2) is 22.3 Å². The number of benzene rings is 2. The van der Waals surface area contributed by atoms with Gasteiger partial charge >= 0.3 is 0 Å². The molecular formula is C88H158O8. The Morgan fingerprint density at radius 3 is 0.875 bits per heavy atom. The molecule has 0 bridgehead atoms. The van der Waals surface area contributed by atoms with Crippen molar-refractivity contribution in [2.75, 3.05) is 0 Å². The maximum Gasteiger partial charge on any atom is 0.127 e. The highest BCUT2D eigenvalue weighted by Gasteiger charge is 2.41. The standard InChI is InChI=1S/C29H52O2.2C29H50O2.CH4.O2.H2/c3*1-6-7-8-9-10-11-12-13-14-15-16-17-18-19-21-29(5)22-20-26-25(4)27(30)23(2)24(3)28(26)31-29;;1-2;/h27-28,30H,6-22H2,1-5H3;2*30H,6-22H2,1-5H3;1H4;;1H/t27?,28?,29-;2*29-;;;/m000.../s1/i;;;;;1+1. The first kappa shape index (κ1) is 88.7. The lowest BCUT2D eigenvalue weighted by molar-refractivity contribution is -0.0875. The number of ether oxygens (including phenoxy) is 3. The summed E-state index contributed by atoms with van der Waals surface area (Å²) in [4.78, 5) is 14.0. The van der Waals surface area contributed by atoms with E-state index in [1.807, 2.05) is 27.7 Å². The highest BCUT2D eigenvalue weighted by Crippen LogP contribution is 2.47. The molecule has 4 aliphatic rings. The molecule has 8 heteroatoms. The van der Waals surface area contributed by atoms with E-state index < -0.39 is 6.10 Å². The molecule has 1 aliphatic carbocycles. The van der Waals surface area contributed by atoms with Gasteiger partial charge in [-0.1, -0.05) is 285 Å². The fraction of sp³-hybridized carbons (Fsp3) is 0.818. The summed E-state index contributed by atoms with van der Waals surface area (Å²) in [6.45, 7) is 32.3. The largest absolute Gasteiger partial charge is 0.507 e. The SMILES string of the molecule is C.CCCCCCCCCCCCCCCC[C@@]1(C)CCC2=C(C)C(O)C(C)=C(C)C2O1.CCCCCCCCCCCCCCCC[C@@]1(C)CCc2c(C)c(O)c(C)c(C)c2O1.CCCCCCCCCCCCCCCC[C@@]1(C)CCc2c(C)c(O)c(C)c(C)c2O1.O=O.[2HH]. The molecule has 3 heterocycles. The molecule has 0 amide bonds. The van der Waals surface area contributed by atoms with E-state index >= 15 is 0 Å². The van der Waals surface area contributed by atoms with E-state index in [-0.39, 0.29) is 31.8 Å². The van der Waals surface area contributed by atoms with Crippen molar-refractivity contribution < 1.29 is 31.0 Å². The highest BCUT2D eigenvalue weighted by atomic mass is 16.7. The number of aromatic hydroxyl groups is 2. The van der Waals surface area contributed by atoms with Crippen LogP contribution in [0, 0.1) is 51.5 Å². The Labute approximate surface area is 595 Å². The number of fused-ring (bicyclic) bond motifs is 3. The average molecular weight is 1350 g/mol. The average Bonchev–Trinajstić information content (AvgIpc) is 0.785. The first-order chi connectivity index (χ1) is 45.7. The second-order valence-electron chi connectivity index (χ2n) is 31.6. The second kappa shape index (κ2) is 50.1. The fourth-order valence-electron chi connectivity index (χ4n) is 15.8. The normalized spacial score (nSPS) is 20.3. The van der Waals surface area contributed by atoms with Crippen LogP contribution >= 0.6 is 0 Å². The van der Waals surface area contributed by atoms with Gasteiger partial charge in [0.15, 0.2) is 0 Å². The van der Waals surface area contributed by atoms with E-state index in [0.29, 0.717) is 11.5 Å². The molecule has 0 radical (unpaired) electrons. The molecule has 2 aromatic carbocycles. The van der Waals surface area contributed by atoms with Crippen molar-refractivity contribution in [2.24, 2.45) is 0 Å². The van der Waals surface area contributed by atoms with E-state index in [9.17, 15) is 15.3 Å². The zero-order valence-electron chi connectivity index (χ0n) is 65.1. The van der Waals surface area contributed by atoms with Crippen molar-refractivity contribution >= 4 is 0 Å². The number of phenolic OH excluding ortho intramolecular Hbond substituents is 2. The Hall–Kier alpha value is -3.36. The van der Waals surface area contributed by atoms with Gasteiger partial charge in [0.05, 0.1) is 11.7 Å². The lowest BCUT2D eigenvalue weighted by atomic mass is 9.77. The Balaban J connectivity index is 0.000000711. The van der Waals surface area contributed by atoms with Crippen LogP contribution in [0.1, 0.15) is 430 Å². The summed E-state index contributed by atoms with van der Waals surface area (Å²) in [7, 11) is 0. The fourth-order valence-corrected chi connectivity index (χ4v) is 15.8. The van der Waals surface area contributed by atoms with Gasteiger partial charge in [0.2, 0.25) is 0 Å². The third kappa shape index (κ3) is 31.3. The van der Waals surface area contributed by atoms with Crippen molar-refractivity contribution in [1.29, 1.82) is 0 Å². The molecule has 0 aromatic heterocycles. The van der Waals surface area contributed by atoms with Gasteiger partial charge in [-0.15, -0.1) is 0 Å². The van der Waals surface area contributed by atoms with Crippen molar-refractivity contribution in [2.45, 2.75) is 468 Å². The third-order valence-corrected chi connectivity index (χ3v) is 23.3. The van der Waals surface area contributed by atoms with Crippen LogP contribution < -0.4 is 9.47 Å². The van der Waals surface area contributed by atoms with Crippen molar-refractivity contribution in [3.63, 3.8) is 0 Å². The van der Waals surface area contributed by atoms with Crippen molar-refractivity contribution in [3.8, 4) is 23.0 Å². The molecule has 3 N–H and O–H groups in total. The molecule has 0 saturated carbocycles. The van der Waals surface area contributed by atoms with Gasteiger partial charge < -0.3 is 29.5 Å². The van der Waals surface area contributed by atoms with Crippen LogP contribution in [0.3, 0.4) is 0 Å². The summed E-state index contributed by atoms with van der Waals surface area (Å²) in [5, 5.41) is 31.2. The van der Waals surface area contributed by atoms with Crippen LogP contribution in [0.4, 0.5) is 0 Å². The lowest BCUT2D eigenvalue weighted by Gasteiger charge is -2.44. The number of hydrogen-bond acceptors (Lipinski definition) is 8. The summed E-state index contributed by atoms with van der Waals surface area (Å²) in [5.74, 6) is 3.00.